The molecule has 0 spiro atoms. The number of carbonyl (C=O) groups excluding carboxylic acids is 3. The third kappa shape index (κ3) is 51.3. The van der Waals surface area contributed by atoms with Crippen molar-refractivity contribution in [2.24, 2.45) is 0 Å². The first-order valence-electron chi connectivity index (χ1n) is 43.6. The summed E-state index contributed by atoms with van der Waals surface area (Å²) in [6, 6.07) is 48.3. The number of hydrogen-bond donors (Lipinski definition) is 6. The molecule has 37 heteroatoms. The van der Waals surface area contributed by atoms with Gasteiger partial charge in [-0.2, -0.15) is 17.6 Å². The number of nitrogens with zero attached hydrogens (tertiary/aromatic N) is 7. The van der Waals surface area contributed by atoms with Gasteiger partial charge in [-0.25, -0.2) is 34.9 Å². The molecule has 139 heavy (non-hydrogen) atoms. The molecular formula is C102H133BBrCeCl3Cs2F4N9NaO10P2PdS2. The number of phenolic OH excluding ortho intramolecular Hbond substituents is 1. The van der Waals surface area contributed by atoms with Crippen molar-refractivity contribution in [1.29, 1.82) is 0 Å². The summed E-state index contributed by atoms with van der Waals surface area (Å²) in [4.78, 5) is 59.9. The Morgan fingerprint density at radius 2 is 0.906 bits per heavy atom. The van der Waals surface area contributed by atoms with Crippen molar-refractivity contribution in [2.75, 3.05) is 10.6 Å². The Morgan fingerprint density at radius 1 is 0.518 bits per heavy atom. The second kappa shape index (κ2) is 68.4. The molecule has 19 nitrogen and oxygen atoms in total. The van der Waals surface area contributed by atoms with Gasteiger partial charge in [-0.1, -0.05) is 219 Å². The topological polar surface area (TPSA) is 288 Å². The summed E-state index contributed by atoms with van der Waals surface area (Å²) in [5.74, 6) is 0.614. The molecule has 5 atom stereocenters. The molecule has 0 amide bonds. The van der Waals surface area contributed by atoms with Gasteiger partial charge in [0.15, 0.2) is 21.8 Å². The molecule has 7 aromatic heterocycles. The van der Waals surface area contributed by atoms with Crippen LogP contribution in [0.4, 0.5) is 39.2 Å². The second-order valence-electron chi connectivity index (χ2n) is 37.4. The molecule has 7 heterocycles. The fraction of sp³-hybridized carbons (Fsp3) is 0.412. The van der Waals surface area contributed by atoms with Gasteiger partial charge in [0.2, 0.25) is 29.7 Å². The number of hydrogen-bond acceptors (Lipinski definition) is 21. The number of aliphatic hydroxyl groups excluding tert-OH is 3. The van der Waals surface area contributed by atoms with Crippen molar-refractivity contribution in [3.05, 3.63) is 264 Å². The molecule has 744 valence electrons. The van der Waals surface area contributed by atoms with Crippen LogP contribution in [0.25, 0.3) is 31.6 Å². The van der Waals surface area contributed by atoms with Gasteiger partial charge in [0.25, 0.3) is 6.47 Å². The summed E-state index contributed by atoms with van der Waals surface area (Å²) >= 11 is 3.96. The maximum absolute atomic E-state index is 13.2. The maximum atomic E-state index is 13.2. The molecule has 0 aliphatic heterocycles. The van der Waals surface area contributed by atoms with Crippen LogP contribution >= 0.6 is 71.3 Å². The van der Waals surface area contributed by atoms with Crippen molar-refractivity contribution in [3.8, 4) is 17.4 Å². The van der Waals surface area contributed by atoms with Crippen LogP contribution in [0.15, 0.2) is 217 Å². The zero-order valence-corrected chi connectivity index (χ0v) is 109. The van der Waals surface area contributed by atoms with E-state index in [0.717, 1.165) is 116 Å². The fourth-order valence-corrected chi connectivity index (χ4v) is 31.4. The van der Waals surface area contributed by atoms with E-state index in [4.69, 9.17) is 31.7 Å². The van der Waals surface area contributed by atoms with E-state index in [1.165, 1.54) is 30.9 Å². The number of pyridine rings is 5. The number of para-hydroxylation sites is 2. The standard InChI is InChI=1S/C23H21N3O2S.C13H10N2OS.2C12H27P.C10H12FNO.C10H10FNO.C10H8FNO.C5H3BrFN.C5H6O.CH2O3.CH4.B.Ce.3ClH.2Cs.Na.Pd.H2.2H/c27-17-10-7-15(14-17)19-4-3-13-24-22(19)28-18-11-8-16(9-12-18)25-23-26-20-5-1-2-6-21(20)29-23;16-10-7-5-9(6-8-10)14-13-15-11-3-1-2-4-12(11)17-13;2*1-10(2,3)13(11(4,5)6)12(7,8)9;3*11-10-9(2-1-5-12-10)7-3-4-8(13)6-7;6-4-2-1-3-8-5(4)7;6-5-3-1-2-4-5;2-1-4-3;;;;;;;;;;;;;/h1-6,8-9,11-13,15,17,27H,7,10,14H2,(H,25,26);1-8,16H,(H,14,15);2*1-9H3;1-2,5,7-8,13H,3-4,6H2;1-2,5-6,8,13H,3-4H2;1-2,5-6H,3-4H2;1-3H;1,3H,2,4H2;1,3H;1H4;;;3*1H;;;;;1H;;/q;;;;;;;;;;;;+3;;;;3*+1;;;2*-1/p-4. The largest absolute Gasteiger partial charge is 1.00 e. The van der Waals surface area contributed by atoms with Crippen LogP contribution < -0.4 is 188 Å². The number of nitrogens with one attached hydrogen (secondary N) is 2. The number of benzene rings is 4. The van der Waals surface area contributed by atoms with Crippen LogP contribution in [-0.2, 0) is 39.7 Å². The number of ketones is 2. The number of thiazole rings is 2. The molecule has 5 aliphatic rings. The van der Waals surface area contributed by atoms with Crippen molar-refractivity contribution in [3.63, 3.8) is 0 Å². The minimum Gasteiger partial charge on any atom is -1.00 e. The monoisotopic (exact) mass is 2580 g/mol. The van der Waals surface area contributed by atoms with Crippen molar-refractivity contribution >= 4 is 151 Å². The van der Waals surface area contributed by atoms with Crippen molar-refractivity contribution in [1.82, 2.24) is 34.9 Å². The van der Waals surface area contributed by atoms with E-state index >= 15 is 0 Å². The van der Waals surface area contributed by atoms with Gasteiger partial charge in [0.05, 0.1) is 43.2 Å². The average molecular weight is 2580 g/mol. The number of anilines is 4. The van der Waals surface area contributed by atoms with E-state index in [0.29, 0.717) is 89.6 Å². The van der Waals surface area contributed by atoms with E-state index in [-0.39, 0.29) is 272 Å². The predicted molar refractivity (Wildman–Crippen MR) is 557 cm³/mol. The zero-order valence-electron chi connectivity index (χ0n) is 84.7. The second-order valence-corrected chi connectivity index (χ2v) is 63.5. The summed E-state index contributed by atoms with van der Waals surface area (Å²) in [7, 11) is 0.0324. The fourth-order valence-electron chi connectivity index (χ4n) is 17.3. The van der Waals surface area contributed by atoms with E-state index in [1.54, 1.807) is 102 Å². The number of allylic oxidation sites excluding steroid dienone is 5. The van der Waals surface area contributed by atoms with Gasteiger partial charge in [-0.15, -0.1) is 0 Å². The quantitative estimate of drug-likeness (QED) is 0.0103. The molecule has 11 aromatic rings. The van der Waals surface area contributed by atoms with Gasteiger partial charge >= 0.3 is 215 Å². The minimum absolute atomic E-state index is 0. The summed E-state index contributed by atoms with van der Waals surface area (Å²) in [5.41, 5.74) is 23.2. The molecule has 4 aromatic carbocycles. The Morgan fingerprint density at radius 3 is 1.23 bits per heavy atom. The number of aromatic nitrogens is 7. The number of ether oxygens (including phenoxy) is 1. The van der Waals surface area contributed by atoms with Gasteiger partial charge in [0, 0.05) is 108 Å². The number of aromatic hydroxyl groups is 1. The average Bonchev–Trinajstić information content (AvgIpc) is 1.30. The molecule has 0 bridgehead atoms. The molecule has 6 N–H and O–H groups in total. The van der Waals surface area contributed by atoms with Gasteiger partial charge in [0.1, 0.15) is 11.5 Å². The summed E-state index contributed by atoms with van der Waals surface area (Å²) in [6.45, 7) is 42.7. The van der Waals surface area contributed by atoms with Crippen LogP contribution in [0.3, 0.4) is 0 Å². The van der Waals surface area contributed by atoms with Crippen LogP contribution in [0.1, 0.15) is 247 Å². The smallest absolute Gasteiger partial charge is 1.00 e. The summed E-state index contributed by atoms with van der Waals surface area (Å²) in [6.07, 6.45) is 22.4. The van der Waals surface area contributed by atoms with Crippen LogP contribution in [-0.4, -0.2) is 131 Å². The molecule has 5 unspecified atom stereocenters. The van der Waals surface area contributed by atoms with Crippen molar-refractivity contribution < 1.29 is 290 Å². The minimum atomic E-state index is -2.24. The van der Waals surface area contributed by atoms with Crippen LogP contribution in [0.5, 0.6) is 17.4 Å². The number of fused-ring (bicyclic) bond motifs is 2. The van der Waals surface area contributed by atoms with E-state index in [2.05, 4.69) is 203 Å². The van der Waals surface area contributed by atoms with Gasteiger partial charge in [-0.3, -0.25) is 14.4 Å². The number of halogens is 8. The molecule has 3 radical (unpaired) electrons. The summed E-state index contributed by atoms with van der Waals surface area (Å²) in [5, 5.41) is 57.0. The maximum Gasteiger partial charge on any atom is 1.00 e. The first-order chi connectivity index (χ1) is 62.4. The molecule has 0 saturated heterocycles. The molecule has 5 aliphatic carbocycles. The Bertz CT molecular complexity index is 5400. The van der Waals surface area contributed by atoms with E-state index in [1.807, 2.05) is 91.0 Å². The van der Waals surface area contributed by atoms with Crippen LogP contribution in [0.2, 0.25) is 0 Å². The Balaban J connectivity index is -0.000000761. The Kier molecular flexibility index (Phi) is 67.8. The molecule has 16 rings (SSSR count). The Hall–Kier alpha value is -1.38. The predicted octanol–water partition coefficient (Wildman–Crippen LogP) is 20.0. The van der Waals surface area contributed by atoms with Crippen molar-refractivity contribution in [2.45, 2.75) is 270 Å². The van der Waals surface area contributed by atoms with E-state index < -0.39 is 54.6 Å². The number of phenols is 1. The van der Waals surface area contributed by atoms with E-state index in [9.17, 15) is 47.6 Å². The first-order valence-corrected chi connectivity index (χ1v) is 60.6. The van der Waals surface area contributed by atoms with Crippen LogP contribution in [0, 0.1) is 54.5 Å². The third-order valence-corrected chi connectivity index (χ3v) is 30.8. The third-order valence-electron chi connectivity index (χ3n) is 20.2. The van der Waals surface area contributed by atoms with Gasteiger partial charge < -0.3 is 48.8 Å². The normalized spacial score (nSPS) is 15.9. The molecule has 2 fully saturated rings. The number of carbonyl (C=O) groups is 3. The molecule has 2 saturated carbocycles. The summed E-state index contributed by atoms with van der Waals surface area (Å²) < 4.78 is 60.4. The first kappa shape index (κ1) is 138. The van der Waals surface area contributed by atoms with Gasteiger partial charge in [-0.05, 0) is 268 Å². The Labute approximate surface area is 1020 Å². The molecular weight excluding hydrogens is 2450 g/mol. The number of rotatable bonds is 11. The SMILES string of the molecule is C.CC(C)(C)P(C(C)(C)C)C(C)(C)C.CC(C)(C)P(C(C)(C)C)C(C)(C)C.Fc1ncccc1Br.O=C1C=C(c2cccnc2F)CC1.O=C1C=CCC1.O=CO[O-].OC1C=C(c2cccnc2F)CC1.OC1CCC(c2cccnc2F)C1.OC1CCC(c2cccnc2Oc2ccc(Nc3nc4ccccc4s3)cc2)C1.Oc1ccc(Nc2nc3ccccc3s2)cc1.[B].[Cl][Ce]([Cl])[Cl].[Cs+].[Cs+].[H-].[H-].[HH].[Na+].[Pd]. The zero-order chi connectivity index (χ0) is 98.6. The number of aliphatic hydroxyl groups is 3.